The fraction of sp³-hybridized carbons (Fsp3) is 0.625. The molecule has 1 aromatic carbocycles. The van der Waals surface area contributed by atoms with Crippen LogP contribution in [0.3, 0.4) is 0 Å². The molecule has 0 fully saturated rings. The number of carbonyl (C=O) groups is 1. The van der Waals surface area contributed by atoms with Crippen LogP contribution in [-0.4, -0.2) is 5.97 Å². The number of carbonyl (C=O) groups excluding carboxylic acids is 1. The zero-order valence-electron chi connectivity index (χ0n) is 16.9. The number of ether oxygens (including phenoxy) is 1. The summed E-state index contributed by atoms with van der Waals surface area (Å²) >= 11 is 0. The van der Waals surface area contributed by atoms with Gasteiger partial charge in [0.2, 0.25) is 0 Å². The largest absolute Gasteiger partial charge is 0.427 e. The zero-order chi connectivity index (χ0) is 18.8. The van der Waals surface area contributed by atoms with Crippen LogP contribution < -0.4 is 4.74 Å². The van der Waals surface area contributed by atoms with Crippen LogP contribution in [0.5, 0.6) is 5.75 Å². The van der Waals surface area contributed by atoms with Crippen molar-refractivity contribution in [2.24, 2.45) is 17.8 Å². The molecule has 0 amide bonds. The van der Waals surface area contributed by atoms with E-state index in [1.807, 2.05) is 30.3 Å². The van der Waals surface area contributed by atoms with Crippen molar-refractivity contribution in [2.75, 3.05) is 0 Å². The highest BCUT2D eigenvalue weighted by atomic mass is 16.5. The molecular weight excluding hydrogens is 320 g/mol. The molecule has 0 aliphatic heterocycles. The highest BCUT2D eigenvalue weighted by Crippen LogP contribution is 2.35. The molecule has 0 spiro atoms. The average Bonchev–Trinajstić information content (AvgIpc) is 2.67. The van der Waals surface area contributed by atoms with Crippen molar-refractivity contribution in [2.45, 2.75) is 78.6 Å². The van der Waals surface area contributed by atoms with Crippen molar-refractivity contribution in [3.05, 3.63) is 42.0 Å². The highest BCUT2D eigenvalue weighted by molar-refractivity contribution is 5.72. The number of esters is 1. The topological polar surface area (TPSA) is 26.3 Å². The molecule has 26 heavy (non-hydrogen) atoms. The van der Waals surface area contributed by atoms with Crippen LogP contribution in [0.2, 0.25) is 0 Å². The Morgan fingerprint density at radius 2 is 1.92 bits per heavy atom. The summed E-state index contributed by atoms with van der Waals surface area (Å²) in [6.07, 6.45) is 13.0. The van der Waals surface area contributed by atoms with Gasteiger partial charge in [-0.15, -0.1) is 0 Å². The van der Waals surface area contributed by atoms with Crippen LogP contribution in [0.25, 0.3) is 0 Å². The number of rotatable bonds is 10. The maximum Gasteiger partial charge on any atom is 0.311 e. The van der Waals surface area contributed by atoms with E-state index in [0.29, 0.717) is 18.1 Å². The SMILES string of the molecule is CCCCCC(C)C1CC=C(C(C)CCC(=O)Oc2ccccc2)CC1. The second-order valence-corrected chi connectivity index (χ2v) is 8.01. The van der Waals surface area contributed by atoms with Gasteiger partial charge in [0.15, 0.2) is 0 Å². The number of unbranched alkanes of at least 4 members (excludes halogenated alkanes) is 2. The summed E-state index contributed by atoms with van der Waals surface area (Å²) in [7, 11) is 0. The van der Waals surface area contributed by atoms with Crippen molar-refractivity contribution in [1.29, 1.82) is 0 Å². The predicted molar refractivity (Wildman–Crippen MR) is 109 cm³/mol. The van der Waals surface area contributed by atoms with Gasteiger partial charge in [0.1, 0.15) is 5.75 Å². The van der Waals surface area contributed by atoms with E-state index in [1.54, 1.807) is 5.57 Å². The van der Waals surface area contributed by atoms with E-state index in [-0.39, 0.29) is 5.97 Å². The van der Waals surface area contributed by atoms with Crippen LogP contribution in [-0.2, 0) is 4.79 Å². The van der Waals surface area contributed by atoms with Gasteiger partial charge < -0.3 is 4.74 Å². The molecule has 1 aliphatic carbocycles. The maximum atomic E-state index is 12.0. The Bertz CT molecular complexity index is 561. The lowest BCUT2D eigenvalue weighted by atomic mass is 9.76. The summed E-state index contributed by atoms with van der Waals surface area (Å²) in [5.74, 6) is 2.69. The van der Waals surface area contributed by atoms with E-state index in [0.717, 1.165) is 18.3 Å². The van der Waals surface area contributed by atoms with E-state index in [4.69, 9.17) is 4.74 Å². The van der Waals surface area contributed by atoms with Gasteiger partial charge in [0.25, 0.3) is 0 Å². The van der Waals surface area contributed by atoms with Gasteiger partial charge >= 0.3 is 5.97 Å². The van der Waals surface area contributed by atoms with Crippen molar-refractivity contribution in [3.8, 4) is 5.75 Å². The smallest absolute Gasteiger partial charge is 0.311 e. The second kappa shape index (κ2) is 11.2. The molecule has 0 heterocycles. The average molecular weight is 357 g/mol. The lowest BCUT2D eigenvalue weighted by Gasteiger charge is -2.29. The number of allylic oxidation sites excluding steroid dienone is 2. The van der Waals surface area contributed by atoms with Crippen LogP contribution in [0.15, 0.2) is 42.0 Å². The maximum absolute atomic E-state index is 12.0. The van der Waals surface area contributed by atoms with Gasteiger partial charge in [0.05, 0.1) is 0 Å². The van der Waals surface area contributed by atoms with E-state index < -0.39 is 0 Å². The lowest BCUT2D eigenvalue weighted by molar-refractivity contribution is -0.134. The molecule has 1 aromatic rings. The van der Waals surface area contributed by atoms with E-state index in [9.17, 15) is 4.79 Å². The van der Waals surface area contributed by atoms with Crippen molar-refractivity contribution in [1.82, 2.24) is 0 Å². The van der Waals surface area contributed by atoms with Gasteiger partial charge in [-0.2, -0.15) is 0 Å². The van der Waals surface area contributed by atoms with Crippen molar-refractivity contribution in [3.63, 3.8) is 0 Å². The Hall–Kier alpha value is -1.57. The Kier molecular flexibility index (Phi) is 8.94. The van der Waals surface area contributed by atoms with Gasteiger partial charge in [-0.1, -0.05) is 76.3 Å². The second-order valence-electron chi connectivity index (χ2n) is 8.01. The Labute approximate surface area is 160 Å². The number of hydrogen-bond acceptors (Lipinski definition) is 2. The highest BCUT2D eigenvalue weighted by Gasteiger charge is 2.22. The standard InChI is InChI=1S/C24H36O2/c1-4-5-7-10-19(2)21-14-16-22(17-15-21)20(3)13-18-24(25)26-23-11-8-6-9-12-23/h6,8-9,11-12,16,19-21H,4-5,7,10,13-15,17-18H2,1-3H3. The minimum atomic E-state index is -0.123. The molecule has 0 saturated carbocycles. The van der Waals surface area contributed by atoms with Gasteiger partial charge in [-0.3, -0.25) is 4.79 Å². The lowest BCUT2D eigenvalue weighted by Crippen LogP contribution is -2.17. The molecule has 3 atom stereocenters. The summed E-state index contributed by atoms with van der Waals surface area (Å²) in [4.78, 5) is 12.0. The van der Waals surface area contributed by atoms with Crippen LogP contribution in [0.4, 0.5) is 0 Å². The monoisotopic (exact) mass is 356 g/mol. The zero-order valence-corrected chi connectivity index (χ0v) is 16.9. The quantitative estimate of drug-likeness (QED) is 0.196. The normalized spacial score (nSPS) is 19.5. The molecule has 2 nitrogen and oxygen atoms in total. The Morgan fingerprint density at radius 1 is 1.15 bits per heavy atom. The van der Waals surface area contributed by atoms with E-state index in [1.165, 1.54) is 44.9 Å². The summed E-state index contributed by atoms with van der Waals surface area (Å²) < 4.78 is 5.39. The van der Waals surface area contributed by atoms with Gasteiger partial charge in [-0.05, 0) is 55.6 Å². The summed E-state index contributed by atoms with van der Waals surface area (Å²) in [5.41, 5.74) is 1.55. The van der Waals surface area contributed by atoms with Crippen molar-refractivity contribution >= 4 is 5.97 Å². The molecule has 0 aromatic heterocycles. The molecule has 0 N–H and O–H groups in total. The number of benzene rings is 1. The van der Waals surface area contributed by atoms with Gasteiger partial charge in [-0.25, -0.2) is 0 Å². The Morgan fingerprint density at radius 3 is 2.58 bits per heavy atom. The molecule has 2 heteroatoms. The molecule has 0 radical (unpaired) electrons. The van der Waals surface area contributed by atoms with E-state index in [2.05, 4.69) is 26.8 Å². The molecule has 0 bridgehead atoms. The van der Waals surface area contributed by atoms with Gasteiger partial charge in [0, 0.05) is 6.42 Å². The predicted octanol–water partition coefficient (Wildman–Crippen LogP) is 6.95. The minimum absolute atomic E-state index is 0.123. The first-order valence-corrected chi connectivity index (χ1v) is 10.5. The summed E-state index contributed by atoms with van der Waals surface area (Å²) in [6.45, 7) is 6.96. The Balaban J connectivity index is 1.71. The molecule has 1 aliphatic rings. The van der Waals surface area contributed by atoms with Crippen LogP contribution >= 0.6 is 0 Å². The third-order valence-electron chi connectivity index (χ3n) is 5.94. The van der Waals surface area contributed by atoms with Crippen LogP contribution in [0.1, 0.15) is 78.6 Å². The number of hydrogen-bond donors (Lipinski definition) is 0. The molecule has 0 saturated heterocycles. The first-order chi connectivity index (χ1) is 12.6. The van der Waals surface area contributed by atoms with Crippen molar-refractivity contribution < 1.29 is 9.53 Å². The molecular formula is C24H36O2. The molecule has 3 unspecified atom stereocenters. The first kappa shape index (κ1) is 20.7. The third-order valence-corrected chi connectivity index (χ3v) is 5.94. The third kappa shape index (κ3) is 6.97. The fourth-order valence-corrected chi connectivity index (χ4v) is 3.98. The summed E-state index contributed by atoms with van der Waals surface area (Å²) in [6, 6.07) is 9.35. The molecule has 144 valence electrons. The van der Waals surface area contributed by atoms with Crippen LogP contribution in [0, 0.1) is 17.8 Å². The fourth-order valence-electron chi connectivity index (χ4n) is 3.98. The minimum Gasteiger partial charge on any atom is -0.427 e. The molecule has 2 rings (SSSR count). The van der Waals surface area contributed by atoms with E-state index >= 15 is 0 Å². The summed E-state index contributed by atoms with van der Waals surface area (Å²) in [5, 5.41) is 0. The number of para-hydroxylation sites is 1. The first-order valence-electron chi connectivity index (χ1n) is 10.5.